The van der Waals surface area contributed by atoms with Crippen LogP contribution in [0.2, 0.25) is 0 Å². The summed E-state index contributed by atoms with van der Waals surface area (Å²) in [5.41, 5.74) is 0.0831. The van der Waals surface area contributed by atoms with Crippen LogP contribution in [0, 0.1) is 0 Å². The fourth-order valence-corrected chi connectivity index (χ4v) is 2.94. The summed E-state index contributed by atoms with van der Waals surface area (Å²) < 4.78 is 0. The van der Waals surface area contributed by atoms with Crippen molar-refractivity contribution < 1.29 is 9.90 Å². The topological polar surface area (TPSA) is 74.2 Å². The molecule has 0 spiro atoms. The first-order chi connectivity index (χ1) is 9.03. The first-order valence-electron chi connectivity index (χ1n) is 5.69. The average molecular weight is 297 g/mol. The van der Waals surface area contributed by atoms with Gasteiger partial charge in [-0.2, -0.15) is 11.3 Å². The van der Waals surface area contributed by atoms with Gasteiger partial charge in [-0.15, -0.1) is 11.3 Å². The first-order valence-corrected chi connectivity index (χ1v) is 7.52. The molecule has 0 aliphatic heterocycles. The van der Waals surface area contributed by atoms with Crippen molar-refractivity contribution in [2.24, 2.45) is 0 Å². The minimum absolute atomic E-state index is 0.148. The number of amides is 1. The molecule has 1 atom stereocenters. The molecular weight excluding hydrogens is 282 g/mol. The Labute approximate surface area is 119 Å². The van der Waals surface area contributed by atoms with Crippen molar-refractivity contribution in [3.05, 3.63) is 33.5 Å². The number of thiophene rings is 1. The molecule has 3 N–H and O–H groups in total. The van der Waals surface area contributed by atoms with Crippen LogP contribution in [-0.4, -0.2) is 29.6 Å². The molecule has 2 aromatic heterocycles. The van der Waals surface area contributed by atoms with E-state index >= 15 is 0 Å². The van der Waals surface area contributed by atoms with E-state index in [2.05, 4.69) is 15.6 Å². The molecule has 19 heavy (non-hydrogen) atoms. The summed E-state index contributed by atoms with van der Waals surface area (Å²) in [6.07, 6.45) is 0. The van der Waals surface area contributed by atoms with Crippen molar-refractivity contribution in [3.8, 4) is 0 Å². The van der Waals surface area contributed by atoms with Gasteiger partial charge in [-0.25, -0.2) is 4.98 Å². The molecule has 0 aliphatic carbocycles. The van der Waals surface area contributed by atoms with Gasteiger partial charge in [0, 0.05) is 12.4 Å². The number of carbonyl (C=O) groups is 1. The number of aromatic nitrogens is 1. The third kappa shape index (κ3) is 3.31. The number of nitrogens with zero attached hydrogens (tertiary/aromatic N) is 1. The highest BCUT2D eigenvalue weighted by molar-refractivity contribution is 7.13. The maximum atomic E-state index is 11.9. The van der Waals surface area contributed by atoms with E-state index in [9.17, 15) is 9.90 Å². The standard InChI is InChI=1S/C12H15N3O2S2/c1-12(17,8-3-4-18-5-8)7-14-10(16)9-6-19-11(13-2)15-9/h3-6,17H,7H2,1-2H3,(H,13,15)(H,14,16). The fraction of sp³-hybridized carbons (Fsp3) is 0.333. The van der Waals surface area contributed by atoms with E-state index in [1.807, 2.05) is 16.8 Å². The summed E-state index contributed by atoms with van der Waals surface area (Å²) in [5, 5.41) is 22.0. The molecule has 0 radical (unpaired) electrons. The van der Waals surface area contributed by atoms with Gasteiger partial charge in [-0.1, -0.05) is 0 Å². The van der Waals surface area contributed by atoms with Crippen molar-refractivity contribution >= 4 is 33.7 Å². The second-order valence-electron chi connectivity index (χ2n) is 4.26. The van der Waals surface area contributed by atoms with E-state index in [0.29, 0.717) is 10.8 Å². The van der Waals surface area contributed by atoms with E-state index in [-0.39, 0.29) is 12.5 Å². The molecule has 2 rings (SSSR count). The van der Waals surface area contributed by atoms with E-state index in [4.69, 9.17) is 0 Å². The van der Waals surface area contributed by atoms with Gasteiger partial charge in [0.1, 0.15) is 11.3 Å². The van der Waals surface area contributed by atoms with Crippen LogP contribution in [-0.2, 0) is 5.60 Å². The number of carbonyl (C=O) groups excluding carboxylic acids is 1. The Morgan fingerprint density at radius 1 is 1.53 bits per heavy atom. The van der Waals surface area contributed by atoms with Crippen molar-refractivity contribution in [3.63, 3.8) is 0 Å². The second-order valence-corrected chi connectivity index (χ2v) is 5.89. The average Bonchev–Trinajstić information content (AvgIpc) is 3.06. The monoisotopic (exact) mass is 297 g/mol. The lowest BCUT2D eigenvalue weighted by molar-refractivity contribution is 0.0529. The predicted molar refractivity (Wildman–Crippen MR) is 77.9 cm³/mol. The first kappa shape index (κ1) is 14.0. The zero-order chi connectivity index (χ0) is 13.9. The lowest BCUT2D eigenvalue weighted by Crippen LogP contribution is -2.38. The van der Waals surface area contributed by atoms with E-state index < -0.39 is 5.60 Å². The molecule has 0 fully saturated rings. The molecule has 0 aliphatic rings. The normalized spacial score (nSPS) is 13.8. The van der Waals surface area contributed by atoms with Gasteiger partial charge >= 0.3 is 0 Å². The van der Waals surface area contributed by atoms with Gasteiger partial charge < -0.3 is 15.7 Å². The minimum Gasteiger partial charge on any atom is -0.384 e. The van der Waals surface area contributed by atoms with E-state index in [1.165, 1.54) is 22.7 Å². The quantitative estimate of drug-likeness (QED) is 0.788. The van der Waals surface area contributed by atoms with Crippen LogP contribution in [0.4, 0.5) is 5.13 Å². The zero-order valence-corrected chi connectivity index (χ0v) is 12.3. The van der Waals surface area contributed by atoms with Crippen molar-refractivity contribution in [1.82, 2.24) is 10.3 Å². The maximum Gasteiger partial charge on any atom is 0.270 e. The molecular formula is C12H15N3O2S2. The number of aliphatic hydroxyl groups is 1. The Kier molecular flexibility index (Phi) is 4.18. The summed E-state index contributed by atoms with van der Waals surface area (Å²) in [6.45, 7) is 1.82. The molecule has 0 saturated heterocycles. The van der Waals surface area contributed by atoms with Crippen LogP contribution in [0.3, 0.4) is 0 Å². The summed E-state index contributed by atoms with van der Waals surface area (Å²) >= 11 is 2.88. The van der Waals surface area contributed by atoms with Gasteiger partial charge in [-0.3, -0.25) is 4.79 Å². The highest BCUT2D eigenvalue weighted by Crippen LogP contribution is 2.22. The molecule has 7 heteroatoms. The minimum atomic E-state index is -1.07. The van der Waals surface area contributed by atoms with Gasteiger partial charge in [-0.05, 0) is 29.3 Å². The Morgan fingerprint density at radius 2 is 2.32 bits per heavy atom. The number of nitrogens with one attached hydrogen (secondary N) is 2. The van der Waals surface area contributed by atoms with Crippen LogP contribution < -0.4 is 10.6 Å². The third-order valence-corrected chi connectivity index (χ3v) is 4.23. The fourth-order valence-electron chi connectivity index (χ4n) is 1.51. The van der Waals surface area contributed by atoms with Crippen LogP contribution in [0.1, 0.15) is 23.0 Å². The van der Waals surface area contributed by atoms with Gasteiger partial charge in [0.05, 0.1) is 6.54 Å². The highest BCUT2D eigenvalue weighted by Gasteiger charge is 2.24. The van der Waals surface area contributed by atoms with Crippen LogP contribution in [0.25, 0.3) is 0 Å². The summed E-state index contributed by atoms with van der Waals surface area (Å²) in [6, 6.07) is 1.85. The molecule has 1 amide bonds. The molecule has 0 bridgehead atoms. The Morgan fingerprint density at radius 3 is 2.89 bits per heavy atom. The number of anilines is 1. The van der Waals surface area contributed by atoms with Gasteiger partial charge in [0.2, 0.25) is 0 Å². The number of hydrogen-bond acceptors (Lipinski definition) is 6. The van der Waals surface area contributed by atoms with Gasteiger partial charge in [0.15, 0.2) is 5.13 Å². The van der Waals surface area contributed by atoms with Crippen molar-refractivity contribution in [2.45, 2.75) is 12.5 Å². The highest BCUT2D eigenvalue weighted by atomic mass is 32.1. The molecule has 2 aromatic rings. The smallest absolute Gasteiger partial charge is 0.270 e. The third-order valence-electron chi connectivity index (χ3n) is 2.69. The Hall–Kier alpha value is -1.44. The Bertz CT molecular complexity index is 549. The zero-order valence-electron chi connectivity index (χ0n) is 10.6. The lowest BCUT2D eigenvalue weighted by Gasteiger charge is -2.22. The van der Waals surface area contributed by atoms with Crippen LogP contribution in [0.5, 0.6) is 0 Å². The molecule has 1 unspecified atom stereocenters. The molecule has 0 saturated carbocycles. The largest absolute Gasteiger partial charge is 0.384 e. The van der Waals surface area contributed by atoms with E-state index in [1.54, 1.807) is 19.4 Å². The van der Waals surface area contributed by atoms with Gasteiger partial charge in [0.25, 0.3) is 5.91 Å². The predicted octanol–water partition coefficient (Wildman–Crippen LogP) is 1.88. The number of rotatable bonds is 5. The van der Waals surface area contributed by atoms with Crippen LogP contribution >= 0.6 is 22.7 Å². The molecule has 2 heterocycles. The maximum absolute atomic E-state index is 11.9. The summed E-state index contributed by atoms with van der Waals surface area (Å²) in [4.78, 5) is 16.0. The lowest BCUT2D eigenvalue weighted by atomic mass is 9.99. The van der Waals surface area contributed by atoms with Crippen molar-refractivity contribution in [1.29, 1.82) is 0 Å². The molecule has 5 nitrogen and oxygen atoms in total. The summed E-state index contributed by atoms with van der Waals surface area (Å²) in [5.74, 6) is -0.284. The number of thiazole rings is 1. The van der Waals surface area contributed by atoms with Crippen molar-refractivity contribution in [2.75, 3.05) is 18.9 Å². The molecule has 0 aromatic carbocycles. The second kappa shape index (κ2) is 5.68. The Balaban J connectivity index is 1.97. The molecule has 102 valence electrons. The number of hydrogen-bond donors (Lipinski definition) is 3. The van der Waals surface area contributed by atoms with E-state index in [0.717, 1.165) is 5.56 Å². The summed E-state index contributed by atoms with van der Waals surface area (Å²) in [7, 11) is 1.75. The SMILES string of the molecule is CNc1nc(C(=O)NCC(C)(O)c2ccsc2)cs1. The van der Waals surface area contributed by atoms with Crippen LogP contribution in [0.15, 0.2) is 22.2 Å².